The van der Waals surface area contributed by atoms with Gasteiger partial charge in [0.15, 0.2) is 5.16 Å². The van der Waals surface area contributed by atoms with Crippen molar-refractivity contribution in [3.8, 4) is 0 Å². The van der Waals surface area contributed by atoms with E-state index in [4.69, 9.17) is 4.74 Å². The van der Waals surface area contributed by atoms with E-state index >= 15 is 0 Å². The lowest BCUT2D eigenvalue weighted by Crippen LogP contribution is -2.28. The van der Waals surface area contributed by atoms with Gasteiger partial charge in [-0.3, -0.25) is 0 Å². The second-order valence-corrected chi connectivity index (χ2v) is 10.4. The standard InChI is InChI=1S/C23H29F3N4OS/c1-29-20(16-7-10-31-11-8-16)27-28-21(29)32-12-2-9-30-14-19-13-22(19,15-30)17-3-5-18(6-4-17)23(24,25)26/h3-6,16,19H,2,7-15H2,1H3. The van der Waals surface area contributed by atoms with Crippen LogP contribution in [0.5, 0.6) is 0 Å². The Morgan fingerprint density at radius 3 is 2.62 bits per heavy atom. The Morgan fingerprint density at radius 2 is 1.91 bits per heavy atom. The number of ether oxygens (including phenoxy) is 1. The lowest BCUT2D eigenvalue weighted by molar-refractivity contribution is -0.137. The molecular formula is C23H29F3N4OS. The highest BCUT2D eigenvalue weighted by Gasteiger charge is 2.60. The van der Waals surface area contributed by atoms with Gasteiger partial charge in [-0.25, -0.2) is 0 Å². The van der Waals surface area contributed by atoms with Crippen LogP contribution in [0.15, 0.2) is 29.4 Å². The van der Waals surface area contributed by atoms with E-state index in [0.29, 0.717) is 11.8 Å². The number of alkyl halides is 3. The van der Waals surface area contributed by atoms with Crippen molar-refractivity contribution in [2.75, 3.05) is 38.6 Å². The van der Waals surface area contributed by atoms with Crippen molar-refractivity contribution in [3.05, 3.63) is 41.2 Å². The van der Waals surface area contributed by atoms with Gasteiger partial charge in [-0.1, -0.05) is 23.9 Å². The molecule has 1 saturated carbocycles. The van der Waals surface area contributed by atoms with E-state index in [1.165, 1.54) is 12.1 Å². The van der Waals surface area contributed by atoms with Crippen LogP contribution in [0.25, 0.3) is 0 Å². The van der Waals surface area contributed by atoms with E-state index in [0.717, 1.165) is 80.8 Å². The van der Waals surface area contributed by atoms with Crippen LogP contribution in [-0.4, -0.2) is 58.3 Å². The molecule has 2 atom stereocenters. The fraction of sp³-hybridized carbons (Fsp3) is 0.652. The summed E-state index contributed by atoms with van der Waals surface area (Å²) in [5, 5.41) is 9.80. The lowest BCUT2D eigenvalue weighted by atomic mass is 9.94. The quantitative estimate of drug-likeness (QED) is 0.445. The third-order valence-electron chi connectivity index (χ3n) is 7.31. The van der Waals surface area contributed by atoms with E-state index in [2.05, 4.69) is 26.7 Å². The molecule has 3 heterocycles. The predicted molar refractivity (Wildman–Crippen MR) is 117 cm³/mol. The summed E-state index contributed by atoms with van der Waals surface area (Å²) in [7, 11) is 2.05. The Morgan fingerprint density at radius 1 is 1.16 bits per heavy atom. The molecule has 32 heavy (non-hydrogen) atoms. The number of fused-ring (bicyclic) bond motifs is 1. The number of benzene rings is 1. The van der Waals surface area contributed by atoms with E-state index in [9.17, 15) is 13.2 Å². The minimum atomic E-state index is -4.27. The zero-order valence-corrected chi connectivity index (χ0v) is 19.1. The maximum atomic E-state index is 12.9. The Kier molecular flexibility index (Phi) is 6.01. The first-order chi connectivity index (χ1) is 15.4. The molecular weight excluding hydrogens is 437 g/mol. The number of piperidine rings is 1. The minimum absolute atomic E-state index is 0.0689. The average Bonchev–Trinajstić information content (AvgIpc) is 3.16. The summed E-state index contributed by atoms with van der Waals surface area (Å²) in [6.07, 6.45) is -0.106. The van der Waals surface area contributed by atoms with Gasteiger partial charge < -0.3 is 14.2 Å². The summed E-state index contributed by atoms with van der Waals surface area (Å²) in [6, 6.07) is 5.83. The van der Waals surface area contributed by atoms with Crippen LogP contribution in [0, 0.1) is 5.92 Å². The Labute approximate surface area is 190 Å². The molecule has 5 rings (SSSR count). The molecule has 0 N–H and O–H groups in total. The molecule has 0 radical (unpaired) electrons. The molecule has 3 fully saturated rings. The normalized spacial score (nSPS) is 26.4. The number of hydrogen-bond donors (Lipinski definition) is 0. The first-order valence-corrected chi connectivity index (χ1v) is 12.4. The molecule has 0 amide bonds. The molecule has 3 aliphatic rings. The van der Waals surface area contributed by atoms with Gasteiger partial charge >= 0.3 is 6.18 Å². The van der Waals surface area contributed by atoms with Gasteiger partial charge in [0.2, 0.25) is 0 Å². The fourth-order valence-corrected chi connectivity index (χ4v) is 6.25. The van der Waals surface area contributed by atoms with Gasteiger partial charge in [-0.15, -0.1) is 10.2 Å². The molecule has 2 saturated heterocycles. The van der Waals surface area contributed by atoms with Crippen molar-refractivity contribution in [1.82, 2.24) is 19.7 Å². The zero-order chi connectivity index (χ0) is 22.3. The number of aromatic nitrogens is 3. The number of rotatable bonds is 7. The predicted octanol–water partition coefficient (Wildman–Crippen LogP) is 4.48. The number of hydrogen-bond acceptors (Lipinski definition) is 5. The Hall–Kier alpha value is -1.58. The van der Waals surface area contributed by atoms with Gasteiger partial charge in [0, 0.05) is 50.4 Å². The molecule has 2 aromatic rings. The van der Waals surface area contributed by atoms with Gasteiger partial charge in [0.25, 0.3) is 0 Å². The van der Waals surface area contributed by atoms with Crippen LogP contribution >= 0.6 is 11.8 Å². The van der Waals surface area contributed by atoms with E-state index in [1.807, 2.05) is 0 Å². The highest BCUT2D eigenvalue weighted by Crippen LogP contribution is 2.59. The van der Waals surface area contributed by atoms with Crippen LogP contribution in [0.4, 0.5) is 13.2 Å². The van der Waals surface area contributed by atoms with Crippen LogP contribution < -0.4 is 0 Å². The summed E-state index contributed by atoms with van der Waals surface area (Å²) < 4.78 is 46.1. The molecule has 0 spiro atoms. The molecule has 2 unspecified atom stereocenters. The molecule has 2 aliphatic heterocycles. The lowest BCUT2D eigenvalue weighted by Gasteiger charge is -2.21. The Bertz CT molecular complexity index is 942. The summed E-state index contributed by atoms with van der Waals surface area (Å²) >= 11 is 1.75. The van der Waals surface area contributed by atoms with Crippen LogP contribution in [0.1, 0.15) is 48.6 Å². The largest absolute Gasteiger partial charge is 0.416 e. The maximum Gasteiger partial charge on any atom is 0.416 e. The van der Waals surface area contributed by atoms with E-state index < -0.39 is 11.7 Å². The summed E-state index contributed by atoms with van der Waals surface area (Å²) in [4.78, 5) is 2.47. The fourth-order valence-electron chi connectivity index (χ4n) is 5.41. The molecule has 9 heteroatoms. The third kappa shape index (κ3) is 4.31. The molecule has 1 aromatic heterocycles. The summed E-state index contributed by atoms with van der Waals surface area (Å²) in [6.45, 7) is 4.60. The number of thioether (sulfide) groups is 1. The molecule has 174 valence electrons. The highest BCUT2D eigenvalue weighted by molar-refractivity contribution is 7.99. The van der Waals surface area contributed by atoms with E-state index in [-0.39, 0.29) is 5.41 Å². The number of halogens is 3. The maximum absolute atomic E-state index is 12.9. The van der Waals surface area contributed by atoms with Crippen molar-refractivity contribution >= 4 is 11.8 Å². The van der Waals surface area contributed by atoms with Crippen molar-refractivity contribution in [2.45, 2.75) is 48.3 Å². The average molecular weight is 467 g/mol. The van der Waals surface area contributed by atoms with Gasteiger partial charge in [0.05, 0.1) is 5.56 Å². The third-order valence-corrected chi connectivity index (χ3v) is 8.41. The first-order valence-electron chi connectivity index (χ1n) is 11.4. The monoisotopic (exact) mass is 466 g/mol. The zero-order valence-electron chi connectivity index (χ0n) is 18.3. The van der Waals surface area contributed by atoms with Crippen molar-refractivity contribution in [3.63, 3.8) is 0 Å². The van der Waals surface area contributed by atoms with Gasteiger partial charge in [-0.05, 0) is 55.8 Å². The number of likely N-dealkylation sites (tertiary alicyclic amines) is 1. The first kappa shape index (κ1) is 22.2. The second-order valence-electron chi connectivity index (χ2n) is 9.36. The molecule has 5 nitrogen and oxygen atoms in total. The second kappa shape index (κ2) is 8.65. The van der Waals surface area contributed by atoms with Gasteiger partial charge in [0.1, 0.15) is 5.82 Å². The van der Waals surface area contributed by atoms with Gasteiger partial charge in [-0.2, -0.15) is 13.2 Å². The Balaban J connectivity index is 1.10. The van der Waals surface area contributed by atoms with Crippen LogP contribution in [-0.2, 0) is 23.4 Å². The summed E-state index contributed by atoms with van der Waals surface area (Å²) in [5.74, 6) is 3.06. The number of nitrogens with zero attached hydrogens (tertiary/aromatic N) is 4. The molecule has 1 aliphatic carbocycles. The smallest absolute Gasteiger partial charge is 0.381 e. The van der Waals surface area contributed by atoms with Crippen molar-refractivity contribution in [1.29, 1.82) is 0 Å². The topological polar surface area (TPSA) is 43.2 Å². The van der Waals surface area contributed by atoms with Crippen molar-refractivity contribution < 1.29 is 17.9 Å². The SMILES string of the molecule is Cn1c(SCCCN2CC3CC3(c3ccc(C(F)(F)F)cc3)C2)nnc1C1CCOCC1. The summed E-state index contributed by atoms with van der Waals surface area (Å²) in [5.41, 5.74) is 0.567. The van der Waals surface area contributed by atoms with Crippen LogP contribution in [0.2, 0.25) is 0 Å². The minimum Gasteiger partial charge on any atom is -0.381 e. The van der Waals surface area contributed by atoms with Crippen LogP contribution in [0.3, 0.4) is 0 Å². The van der Waals surface area contributed by atoms with Crippen molar-refractivity contribution in [2.24, 2.45) is 13.0 Å². The molecule has 1 aromatic carbocycles. The highest BCUT2D eigenvalue weighted by atomic mass is 32.2. The molecule has 0 bridgehead atoms. The van der Waals surface area contributed by atoms with E-state index in [1.54, 1.807) is 23.9 Å².